The van der Waals surface area contributed by atoms with Gasteiger partial charge in [0.15, 0.2) is 0 Å². The molecule has 2 fully saturated rings. The molecule has 2 amide bonds. The standard InChI is InChI=1S/C24H29N3O4S/c1-18-12-14-20(15-13-18)27-22(28)16-26(32(30,31)21-10-4-3-5-11-21)17-24(27,2)23(29)25-19-8-6-7-9-19/h3-5,10-15,19H,6-9,16-17H2,1-2H3,(H,25,29). The van der Waals surface area contributed by atoms with Crippen LogP contribution in [0.1, 0.15) is 38.2 Å². The van der Waals surface area contributed by atoms with E-state index in [1.165, 1.54) is 17.0 Å². The maximum atomic E-state index is 13.6. The van der Waals surface area contributed by atoms with Crippen molar-refractivity contribution in [1.82, 2.24) is 9.62 Å². The van der Waals surface area contributed by atoms with Gasteiger partial charge in [0.05, 0.1) is 11.4 Å². The fourth-order valence-electron chi connectivity index (χ4n) is 4.59. The molecule has 0 radical (unpaired) electrons. The third kappa shape index (κ3) is 4.17. The molecule has 1 atom stereocenters. The van der Waals surface area contributed by atoms with Gasteiger partial charge in [-0.05, 0) is 51.0 Å². The lowest BCUT2D eigenvalue weighted by molar-refractivity contribution is -0.133. The number of aryl methyl sites for hydroxylation is 1. The fourth-order valence-corrected chi connectivity index (χ4v) is 6.09. The number of sulfonamides is 1. The van der Waals surface area contributed by atoms with E-state index < -0.39 is 21.5 Å². The summed E-state index contributed by atoms with van der Waals surface area (Å²) in [7, 11) is -3.93. The van der Waals surface area contributed by atoms with Crippen molar-refractivity contribution in [2.75, 3.05) is 18.0 Å². The largest absolute Gasteiger partial charge is 0.351 e. The van der Waals surface area contributed by atoms with E-state index in [9.17, 15) is 18.0 Å². The van der Waals surface area contributed by atoms with Crippen LogP contribution >= 0.6 is 0 Å². The number of benzene rings is 2. The molecular weight excluding hydrogens is 426 g/mol. The summed E-state index contributed by atoms with van der Waals surface area (Å²) in [5.74, 6) is -0.755. The Kier molecular flexibility index (Phi) is 6.09. The monoisotopic (exact) mass is 455 g/mol. The zero-order valence-corrected chi connectivity index (χ0v) is 19.3. The van der Waals surface area contributed by atoms with E-state index in [-0.39, 0.29) is 29.9 Å². The lowest BCUT2D eigenvalue weighted by atomic mass is 9.93. The first kappa shape index (κ1) is 22.5. The van der Waals surface area contributed by atoms with E-state index in [0.29, 0.717) is 5.69 Å². The summed E-state index contributed by atoms with van der Waals surface area (Å²) in [6.45, 7) is 3.16. The van der Waals surface area contributed by atoms with Gasteiger partial charge in [-0.3, -0.25) is 14.5 Å². The smallest absolute Gasteiger partial charge is 0.247 e. The lowest BCUT2D eigenvalue weighted by Crippen LogP contribution is -2.70. The molecule has 1 saturated heterocycles. The lowest BCUT2D eigenvalue weighted by Gasteiger charge is -2.47. The van der Waals surface area contributed by atoms with Crippen LogP contribution in [0.25, 0.3) is 0 Å². The van der Waals surface area contributed by atoms with Crippen molar-refractivity contribution in [2.24, 2.45) is 0 Å². The Morgan fingerprint density at radius 1 is 1.03 bits per heavy atom. The van der Waals surface area contributed by atoms with Crippen molar-refractivity contribution < 1.29 is 18.0 Å². The van der Waals surface area contributed by atoms with Crippen LogP contribution in [-0.4, -0.2) is 49.2 Å². The Morgan fingerprint density at radius 2 is 1.66 bits per heavy atom. The van der Waals surface area contributed by atoms with Crippen molar-refractivity contribution in [2.45, 2.75) is 56.0 Å². The Hall–Kier alpha value is -2.71. The third-order valence-electron chi connectivity index (χ3n) is 6.39. The number of carbonyl (C=O) groups excluding carboxylic acids is 2. The summed E-state index contributed by atoms with van der Waals surface area (Å²) >= 11 is 0. The van der Waals surface area contributed by atoms with Crippen molar-refractivity contribution in [1.29, 1.82) is 0 Å². The molecule has 0 bridgehead atoms. The van der Waals surface area contributed by atoms with Crippen LogP contribution in [0.5, 0.6) is 0 Å². The number of piperazine rings is 1. The highest BCUT2D eigenvalue weighted by Gasteiger charge is 2.51. The van der Waals surface area contributed by atoms with E-state index in [0.717, 1.165) is 35.6 Å². The number of nitrogens with one attached hydrogen (secondary N) is 1. The second-order valence-electron chi connectivity index (χ2n) is 8.88. The first-order valence-electron chi connectivity index (χ1n) is 11.0. The Morgan fingerprint density at radius 3 is 2.28 bits per heavy atom. The van der Waals surface area contributed by atoms with Crippen molar-refractivity contribution in [3.8, 4) is 0 Å². The summed E-state index contributed by atoms with van der Waals surface area (Å²) in [4.78, 5) is 28.5. The minimum absolute atomic E-state index is 0.0513. The highest BCUT2D eigenvalue weighted by Crippen LogP contribution is 2.33. The van der Waals surface area contributed by atoms with Crippen LogP contribution in [0.3, 0.4) is 0 Å². The SMILES string of the molecule is Cc1ccc(N2C(=O)CN(S(=O)(=O)c3ccccc3)CC2(C)C(=O)NC2CCCC2)cc1. The number of anilines is 1. The average Bonchev–Trinajstić information content (AvgIpc) is 3.28. The first-order chi connectivity index (χ1) is 15.2. The van der Waals surface area contributed by atoms with Gasteiger partial charge in [-0.2, -0.15) is 4.31 Å². The number of rotatable bonds is 5. The van der Waals surface area contributed by atoms with Gasteiger partial charge >= 0.3 is 0 Å². The van der Waals surface area contributed by atoms with Gasteiger partial charge in [-0.15, -0.1) is 0 Å². The first-order valence-corrected chi connectivity index (χ1v) is 12.4. The topological polar surface area (TPSA) is 86.8 Å². The highest BCUT2D eigenvalue weighted by molar-refractivity contribution is 7.89. The van der Waals surface area contributed by atoms with Crippen LogP contribution in [0.15, 0.2) is 59.5 Å². The second-order valence-corrected chi connectivity index (χ2v) is 10.8. The van der Waals surface area contributed by atoms with Crippen molar-refractivity contribution in [3.63, 3.8) is 0 Å². The molecule has 4 rings (SSSR count). The van der Waals surface area contributed by atoms with Gasteiger partial charge < -0.3 is 5.32 Å². The Bertz CT molecular complexity index is 1100. The minimum Gasteiger partial charge on any atom is -0.351 e. The minimum atomic E-state index is -3.93. The molecule has 170 valence electrons. The fraction of sp³-hybridized carbons (Fsp3) is 0.417. The van der Waals surface area contributed by atoms with Gasteiger partial charge in [-0.1, -0.05) is 48.7 Å². The molecule has 2 aromatic rings. The maximum Gasteiger partial charge on any atom is 0.247 e. The molecule has 2 aliphatic rings. The summed E-state index contributed by atoms with van der Waals surface area (Å²) in [5.41, 5.74) is 0.236. The number of hydrogen-bond donors (Lipinski definition) is 1. The van der Waals surface area contributed by atoms with Gasteiger partial charge in [0.25, 0.3) is 0 Å². The van der Waals surface area contributed by atoms with E-state index in [2.05, 4.69) is 5.32 Å². The van der Waals surface area contributed by atoms with Crippen LogP contribution in [-0.2, 0) is 19.6 Å². The zero-order chi connectivity index (χ0) is 22.9. The Labute approximate surface area is 189 Å². The number of nitrogens with zero attached hydrogens (tertiary/aromatic N) is 2. The molecular formula is C24H29N3O4S. The molecule has 1 saturated carbocycles. The molecule has 7 nitrogen and oxygen atoms in total. The van der Waals surface area contributed by atoms with Crippen molar-refractivity contribution in [3.05, 3.63) is 60.2 Å². The summed E-state index contributed by atoms with van der Waals surface area (Å²) < 4.78 is 27.7. The van der Waals surface area contributed by atoms with Crippen LogP contribution in [0.4, 0.5) is 5.69 Å². The number of hydrogen-bond acceptors (Lipinski definition) is 4. The quantitative estimate of drug-likeness (QED) is 0.751. The van der Waals surface area contributed by atoms with E-state index >= 15 is 0 Å². The van der Waals surface area contributed by atoms with Crippen LogP contribution in [0, 0.1) is 6.92 Å². The number of carbonyl (C=O) groups is 2. The molecule has 1 heterocycles. The molecule has 32 heavy (non-hydrogen) atoms. The van der Waals surface area contributed by atoms with Crippen molar-refractivity contribution >= 4 is 27.5 Å². The third-order valence-corrected chi connectivity index (χ3v) is 8.20. The van der Waals surface area contributed by atoms with Crippen LogP contribution < -0.4 is 10.2 Å². The summed E-state index contributed by atoms with van der Waals surface area (Å²) in [6, 6.07) is 15.4. The summed E-state index contributed by atoms with van der Waals surface area (Å²) in [5, 5.41) is 3.08. The molecule has 0 spiro atoms. The van der Waals surface area contributed by atoms with Gasteiger partial charge in [-0.25, -0.2) is 8.42 Å². The molecule has 1 aliphatic carbocycles. The van der Waals surface area contributed by atoms with Crippen LogP contribution in [0.2, 0.25) is 0 Å². The predicted molar refractivity (Wildman–Crippen MR) is 123 cm³/mol. The molecule has 1 unspecified atom stereocenters. The zero-order valence-electron chi connectivity index (χ0n) is 18.5. The van der Waals surface area contributed by atoms with Gasteiger partial charge in [0.1, 0.15) is 5.54 Å². The van der Waals surface area contributed by atoms with Gasteiger partial charge in [0, 0.05) is 18.3 Å². The molecule has 1 aliphatic heterocycles. The van der Waals surface area contributed by atoms with Gasteiger partial charge in [0.2, 0.25) is 21.8 Å². The number of amides is 2. The normalized spacial score (nSPS) is 22.8. The molecule has 0 aromatic heterocycles. The predicted octanol–water partition coefficient (Wildman–Crippen LogP) is 2.85. The summed E-state index contributed by atoms with van der Waals surface area (Å²) in [6.07, 6.45) is 3.90. The molecule has 8 heteroatoms. The van der Waals surface area contributed by atoms with E-state index in [4.69, 9.17) is 0 Å². The van der Waals surface area contributed by atoms with E-state index in [1.54, 1.807) is 37.3 Å². The maximum absolute atomic E-state index is 13.6. The Balaban J connectivity index is 1.72. The highest BCUT2D eigenvalue weighted by atomic mass is 32.2. The molecule has 2 aromatic carbocycles. The second kappa shape index (κ2) is 8.67. The molecule has 1 N–H and O–H groups in total. The van der Waals surface area contributed by atoms with E-state index in [1.807, 2.05) is 19.1 Å². The average molecular weight is 456 g/mol.